The smallest absolute Gasteiger partial charge is 0.318 e. The number of carbonyl (C=O) groups is 2. The Labute approximate surface area is 140 Å². The van der Waals surface area contributed by atoms with Crippen molar-refractivity contribution in [2.24, 2.45) is 0 Å². The molecule has 2 aliphatic rings. The molecule has 126 valence electrons. The number of piperazine rings is 1. The van der Waals surface area contributed by atoms with Gasteiger partial charge in [-0.05, 0) is 26.7 Å². The van der Waals surface area contributed by atoms with Gasteiger partial charge < -0.3 is 15.5 Å². The van der Waals surface area contributed by atoms with Crippen molar-refractivity contribution < 1.29 is 9.59 Å². The van der Waals surface area contributed by atoms with Gasteiger partial charge in [0.05, 0.1) is 16.7 Å². The monoisotopic (exact) mass is 336 g/mol. The fourth-order valence-electron chi connectivity index (χ4n) is 3.59. The first kappa shape index (κ1) is 16.2. The lowest BCUT2D eigenvalue weighted by atomic mass is 9.87. The zero-order valence-electron chi connectivity index (χ0n) is 13.7. The molecule has 2 fully saturated rings. The maximum absolute atomic E-state index is 12.5. The van der Waals surface area contributed by atoms with Crippen LogP contribution in [0.5, 0.6) is 0 Å². The van der Waals surface area contributed by atoms with Crippen LogP contribution in [0.25, 0.3) is 0 Å². The number of urea groups is 1. The maximum atomic E-state index is 12.5. The number of aryl methyl sites for hydroxylation is 2. The number of hydrogen-bond acceptors (Lipinski definition) is 4. The van der Waals surface area contributed by atoms with Crippen LogP contribution in [0.1, 0.15) is 41.3 Å². The highest BCUT2D eigenvalue weighted by Crippen LogP contribution is 2.25. The average Bonchev–Trinajstić information content (AvgIpc) is 2.84. The number of thiazole rings is 1. The third kappa shape index (κ3) is 3.65. The van der Waals surface area contributed by atoms with Crippen molar-refractivity contribution in [3.05, 3.63) is 15.6 Å². The van der Waals surface area contributed by atoms with E-state index < -0.39 is 0 Å². The number of carbonyl (C=O) groups excluding carboxylic acids is 2. The minimum atomic E-state index is -0.115. The molecule has 0 spiro atoms. The number of nitrogens with zero attached hydrogens (tertiary/aromatic N) is 2. The first-order valence-electron chi connectivity index (χ1n) is 8.31. The fourth-order valence-corrected chi connectivity index (χ4v) is 4.53. The highest BCUT2D eigenvalue weighted by atomic mass is 32.1. The second kappa shape index (κ2) is 6.86. The SMILES string of the molecule is Cc1nc(C)c(CCNC(=O)N2CC(=O)N[C@H]3CCCC[C@H]32)s1. The molecule has 1 saturated heterocycles. The van der Waals surface area contributed by atoms with Crippen molar-refractivity contribution in [3.8, 4) is 0 Å². The number of nitrogens with one attached hydrogen (secondary N) is 2. The quantitative estimate of drug-likeness (QED) is 0.883. The van der Waals surface area contributed by atoms with Gasteiger partial charge in [0, 0.05) is 23.9 Å². The van der Waals surface area contributed by atoms with Crippen LogP contribution in [0.3, 0.4) is 0 Å². The molecule has 3 rings (SSSR count). The molecule has 0 unspecified atom stereocenters. The van der Waals surface area contributed by atoms with E-state index in [-0.39, 0.29) is 30.6 Å². The lowest BCUT2D eigenvalue weighted by molar-refractivity contribution is -0.126. The molecule has 1 aliphatic heterocycles. The minimum absolute atomic E-state index is 0.0442. The Bertz CT molecular complexity index is 601. The van der Waals surface area contributed by atoms with Crippen LogP contribution in [0.4, 0.5) is 4.79 Å². The van der Waals surface area contributed by atoms with E-state index >= 15 is 0 Å². The molecule has 23 heavy (non-hydrogen) atoms. The molecule has 2 heterocycles. The summed E-state index contributed by atoms with van der Waals surface area (Å²) in [5.41, 5.74) is 1.05. The van der Waals surface area contributed by atoms with Gasteiger partial charge in [0.2, 0.25) is 5.91 Å². The highest BCUT2D eigenvalue weighted by molar-refractivity contribution is 7.11. The Kier molecular flexibility index (Phi) is 4.84. The second-order valence-corrected chi connectivity index (χ2v) is 7.66. The first-order chi connectivity index (χ1) is 11.0. The van der Waals surface area contributed by atoms with Crippen LogP contribution in [0, 0.1) is 13.8 Å². The van der Waals surface area contributed by atoms with E-state index in [4.69, 9.17) is 0 Å². The van der Waals surface area contributed by atoms with Gasteiger partial charge in [-0.3, -0.25) is 4.79 Å². The molecular formula is C16H24N4O2S. The zero-order valence-corrected chi connectivity index (χ0v) is 14.5. The summed E-state index contributed by atoms with van der Waals surface area (Å²) in [4.78, 5) is 31.7. The molecule has 3 amide bonds. The topological polar surface area (TPSA) is 74.3 Å². The number of aromatic nitrogens is 1. The summed E-state index contributed by atoms with van der Waals surface area (Å²) in [5, 5.41) is 7.06. The van der Waals surface area contributed by atoms with Gasteiger partial charge in [-0.2, -0.15) is 0 Å². The van der Waals surface area contributed by atoms with Crippen molar-refractivity contribution in [3.63, 3.8) is 0 Å². The van der Waals surface area contributed by atoms with Gasteiger partial charge in [0.25, 0.3) is 0 Å². The van der Waals surface area contributed by atoms with Crippen molar-refractivity contribution >= 4 is 23.3 Å². The van der Waals surface area contributed by atoms with Crippen molar-refractivity contribution in [2.45, 2.75) is 58.0 Å². The van der Waals surface area contributed by atoms with Gasteiger partial charge in [-0.25, -0.2) is 9.78 Å². The van der Waals surface area contributed by atoms with E-state index in [1.807, 2.05) is 13.8 Å². The van der Waals surface area contributed by atoms with Crippen LogP contribution in [0.2, 0.25) is 0 Å². The summed E-state index contributed by atoms with van der Waals surface area (Å²) in [6, 6.07) is 0.159. The van der Waals surface area contributed by atoms with Crippen LogP contribution in [-0.2, 0) is 11.2 Å². The summed E-state index contributed by atoms with van der Waals surface area (Å²) in [6.45, 7) is 4.75. The minimum Gasteiger partial charge on any atom is -0.350 e. The summed E-state index contributed by atoms with van der Waals surface area (Å²) in [6.07, 6.45) is 4.99. The fraction of sp³-hybridized carbons (Fsp3) is 0.688. The standard InChI is InChI=1S/C16H24N4O2S/c1-10-14(23-11(2)18-10)7-8-17-16(22)20-9-15(21)19-12-5-3-4-6-13(12)20/h12-13H,3-9H2,1-2H3,(H,17,22)(H,19,21)/t12-,13+/m0/s1. The average molecular weight is 336 g/mol. The van der Waals surface area contributed by atoms with E-state index in [1.54, 1.807) is 16.2 Å². The lowest BCUT2D eigenvalue weighted by Crippen LogP contribution is -2.64. The molecule has 1 aromatic rings. The molecule has 0 bridgehead atoms. The van der Waals surface area contributed by atoms with Gasteiger partial charge >= 0.3 is 6.03 Å². The van der Waals surface area contributed by atoms with Gasteiger partial charge in [-0.1, -0.05) is 12.8 Å². The predicted molar refractivity (Wildman–Crippen MR) is 89.6 cm³/mol. The second-order valence-electron chi connectivity index (χ2n) is 6.38. The van der Waals surface area contributed by atoms with Crippen LogP contribution < -0.4 is 10.6 Å². The normalized spacial score (nSPS) is 24.1. The number of hydrogen-bond donors (Lipinski definition) is 2. The van der Waals surface area contributed by atoms with Gasteiger partial charge in [0.15, 0.2) is 0 Å². The van der Waals surface area contributed by atoms with E-state index in [1.165, 1.54) is 4.88 Å². The number of amides is 3. The Hall–Kier alpha value is -1.63. The number of rotatable bonds is 3. The molecule has 0 aromatic carbocycles. The Morgan fingerprint density at radius 1 is 1.39 bits per heavy atom. The van der Waals surface area contributed by atoms with E-state index in [2.05, 4.69) is 15.6 Å². The van der Waals surface area contributed by atoms with Crippen LogP contribution in [-0.4, -0.2) is 47.0 Å². The summed E-state index contributed by atoms with van der Waals surface area (Å²) in [5.74, 6) is -0.0442. The predicted octanol–water partition coefficient (Wildman–Crippen LogP) is 1.76. The lowest BCUT2D eigenvalue weighted by Gasteiger charge is -2.43. The van der Waals surface area contributed by atoms with Crippen LogP contribution in [0.15, 0.2) is 0 Å². The van der Waals surface area contributed by atoms with Crippen LogP contribution >= 0.6 is 11.3 Å². The molecule has 7 heteroatoms. The van der Waals surface area contributed by atoms with E-state index in [9.17, 15) is 9.59 Å². The Balaban J connectivity index is 1.56. The van der Waals surface area contributed by atoms with Gasteiger partial charge in [0.1, 0.15) is 6.54 Å². The summed E-state index contributed by atoms with van der Waals surface area (Å²) >= 11 is 1.68. The third-order valence-electron chi connectivity index (χ3n) is 4.68. The highest BCUT2D eigenvalue weighted by Gasteiger charge is 2.38. The van der Waals surface area contributed by atoms with Crippen molar-refractivity contribution in [1.29, 1.82) is 0 Å². The molecule has 1 aliphatic carbocycles. The summed E-state index contributed by atoms with van der Waals surface area (Å²) in [7, 11) is 0. The maximum Gasteiger partial charge on any atom is 0.318 e. The first-order valence-corrected chi connectivity index (χ1v) is 9.13. The number of fused-ring (bicyclic) bond motifs is 1. The zero-order chi connectivity index (χ0) is 16.4. The molecule has 2 atom stereocenters. The largest absolute Gasteiger partial charge is 0.350 e. The van der Waals surface area contributed by atoms with Crippen molar-refractivity contribution in [1.82, 2.24) is 20.5 Å². The Morgan fingerprint density at radius 2 is 2.17 bits per heavy atom. The summed E-state index contributed by atoms with van der Waals surface area (Å²) < 4.78 is 0. The van der Waals surface area contributed by atoms with E-state index in [0.29, 0.717) is 6.54 Å². The molecule has 1 aromatic heterocycles. The molecular weight excluding hydrogens is 312 g/mol. The van der Waals surface area contributed by atoms with E-state index in [0.717, 1.165) is 42.8 Å². The molecule has 1 saturated carbocycles. The van der Waals surface area contributed by atoms with Crippen molar-refractivity contribution in [2.75, 3.05) is 13.1 Å². The molecule has 6 nitrogen and oxygen atoms in total. The molecule has 2 N–H and O–H groups in total. The Morgan fingerprint density at radius 3 is 2.91 bits per heavy atom. The third-order valence-corrected chi connectivity index (χ3v) is 5.81. The molecule has 0 radical (unpaired) electrons. The van der Waals surface area contributed by atoms with Gasteiger partial charge in [-0.15, -0.1) is 11.3 Å².